The molecule has 0 aromatic heterocycles. The highest BCUT2D eigenvalue weighted by Crippen LogP contribution is 2.47. The van der Waals surface area contributed by atoms with Crippen molar-refractivity contribution in [1.82, 2.24) is 0 Å². The minimum Gasteiger partial charge on any atom is -0.479 e. The smallest absolute Gasteiger partial charge is 0.347 e. The molecule has 268 valence electrons. The summed E-state index contributed by atoms with van der Waals surface area (Å²) in [5.41, 5.74) is 1.17. The van der Waals surface area contributed by atoms with Crippen LogP contribution in [-0.4, -0.2) is 59.1 Å². The monoisotopic (exact) mass is 698 g/mol. The average molecular weight is 699 g/mol. The summed E-state index contributed by atoms with van der Waals surface area (Å²) in [7, 11) is -4.12. The van der Waals surface area contributed by atoms with Crippen LogP contribution in [0.15, 0.2) is 54.1 Å². The maximum Gasteiger partial charge on any atom is 0.347 e. The van der Waals surface area contributed by atoms with Gasteiger partial charge in [-0.15, -0.1) is 0 Å². The predicted molar refractivity (Wildman–Crippen MR) is 197 cm³/mol. The lowest BCUT2D eigenvalue weighted by Gasteiger charge is -2.46. The number of para-hydroxylation sites is 1. The second kappa shape index (κ2) is 15.0. The van der Waals surface area contributed by atoms with Gasteiger partial charge in [0.2, 0.25) is 0 Å². The molecule has 2 aliphatic carbocycles. The first-order valence-electron chi connectivity index (χ1n) is 18.0. The van der Waals surface area contributed by atoms with Crippen LogP contribution in [0.2, 0.25) is 36.3 Å². The SMILES string of the molecule is CC(Oc1ccccc1)C(=O)O[C@H]1C[C@H](O[Si](C)(C)C(C)(C)C)C=C2C=C[C@H](C)[C@H](CC[C@@H]3C[C@@H](O[Si](C)(C)C(C)(C)C)CC(=O)O3)[C@H]21. The fourth-order valence-electron chi connectivity index (χ4n) is 6.69. The quantitative estimate of drug-likeness (QED) is 0.168. The number of carbonyl (C=O) groups excluding carboxylic acids is 2. The van der Waals surface area contributed by atoms with Gasteiger partial charge in [0.25, 0.3) is 0 Å². The minimum absolute atomic E-state index is 0.00992. The van der Waals surface area contributed by atoms with Gasteiger partial charge < -0.3 is 23.1 Å². The van der Waals surface area contributed by atoms with E-state index in [1.807, 2.05) is 30.3 Å². The van der Waals surface area contributed by atoms with Crippen LogP contribution in [0, 0.1) is 17.8 Å². The number of carbonyl (C=O) groups is 2. The largest absolute Gasteiger partial charge is 0.479 e. The van der Waals surface area contributed by atoms with Crippen molar-refractivity contribution in [3.05, 3.63) is 54.1 Å². The number of fused-ring (bicyclic) bond motifs is 1. The zero-order valence-corrected chi connectivity index (χ0v) is 33.6. The van der Waals surface area contributed by atoms with E-state index in [2.05, 4.69) is 92.9 Å². The van der Waals surface area contributed by atoms with Crippen LogP contribution in [0.1, 0.15) is 87.5 Å². The minimum atomic E-state index is -2.09. The third-order valence-corrected chi connectivity index (χ3v) is 20.6. The van der Waals surface area contributed by atoms with Crippen LogP contribution in [0.4, 0.5) is 0 Å². The van der Waals surface area contributed by atoms with Crippen LogP contribution in [0.25, 0.3) is 0 Å². The van der Waals surface area contributed by atoms with Crippen LogP contribution >= 0.6 is 0 Å². The molecule has 1 aromatic rings. The lowest BCUT2D eigenvalue weighted by atomic mass is 9.66. The Morgan fingerprint density at radius 1 is 0.938 bits per heavy atom. The molecule has 0 amide bonds. The number of benzene rings is 1. The van der Waals surface area contributed by atoms with E-state index in [0.717, 1.165) is 19.3 Å². The van der Waals surface area contributed by atoms with E-state index in [1.165, 1.54) is 5.57 Å². The highest BCUT2D eigenvalue weighted by molar-refractivity contribution is 6.74. The van der Waals surface area contributed by atoms with Gasteiger partial charge in [-0.1, -0.05) is 84.9 Å². The van der Waals surface area contributed by atoms with Crippen LogP contribution in [-0.2, 0) is 27.9 Å². The van der Waals surface area contributed by atoms with Gasteiger partial charge in [0.05, 0.1) is 18.6 Å². The first-order valence-corrected chi connectivity index (χ1v) is 23.9. The summed E-state index contributed by atoms with van der Waals surface area (Å²) in [6, 6.07) is 9.39. The first-order chi connectivity index (χ1) is 22.2. The van der Waals surface area contributed by atoms with Gasteiger partial charge >= 0.3 is 11.9 Å². The number of hydrogen-bond donors (Lipinski definition) is 0. The van der Waals surface area contributed by atoms with Crippen molar-refractivity contribution < 1.29 is 32.7 Å². The second-order valence-electron chi connectivity index (χ2n) is 17.4. The standard InChI is InChI=1S/C39H62O7Si2/c1-26-18-19-28-22-31(45-47(9,10)38(3,4)5)24-34(44-37(41)27(2)42-29-16-14-13-15-17-29)36(28)33(26)21-20-30-23-32(25-35(40)43-30)46-48(11,12)39(6,7)8/h13-19,22,26-27,30-34,36H,20-21,23-25H2,1-12H3/t26-,27?,30+,31+,32+,33-,34-,36-/m0/s1. The molecular formula is C39H62O7Si2. The molecule has 7 nitrogen and oxygen atoms in total. The Bertz CT molecular complexity index is 1320. The van der Waals surface area contributed by atoms with Crippen LogP contribution < -0.4 is 4.74 Å². The molecule has 3 aliphatic rings. The summed E-state index contributed by atoms with van der Waals surface area (Å²) < 4.78 is 31.9. The van der Waals surface area contributed by atoms with E-state index in [0.29, 0.717) is 18.6 Å². The van der Waals surface area contributed by atoms with Crippen molar-refractivity contribution in [2.45, 2.75) is 154 Å². The Kier molecular flexibility index (Phi) is 12.0. The summed E-state index contributed by atoms with van der Waals surface area (Å²) in [5.74, 6) is 0.575. The molecule has 9 heteroatoms. The summed E-state index contributed by atoms with van der Waals surface area (Å²) in [4.78, 5) is 26.4. The Labute approximate surface area is 292 Å². The Hall–Kier alpha value is -2.21. The normalized spacial score (nSPS) is 29.0. The van der Waals surface area contributed by atoms with Gasteiger partial charge in [0.1, 0.15) is 18.0 Å². The summed E-state index contributed by atoms with van der Waals surface area (Å²) in [6.45, 7) is 26.4. The molecular weight excluding hydrogens is 637 g/mol. The number of ether oxygens (including phenoxy) is 3. The molecule has 1 aliphatic heterocycles. The Balaban J connectivity index is 1.54. The van der Waals surface area contributed by atoms with Gasteiger partial charge in [-0.05, 0) is 85.6 Å². The number of hydrogen-bond acceptors (Lipinski definition) is 7. The summed E-state index contributed by atoms with van der Waals surface area (Å²) in [6.07, 6.45) is 8.42. The molecule has 1 heterocycles. The van der Waals surface area contributed by atoms with Crippen LogP contribution in [0.3, 0.4) is 0 Å². The summed E-state index contributed by atoms with van der Waals surface area (Å²) >= 11 is 0. The number of allylic oxidation sites excluding steroid dienone is 2. The molecule has 0 N–H and O–H groups in total. The van der Waals surface area contributed by atoms with E-state index >= 15 is 0 Å². The van der Waals surface area contributed by atoms with Crippen molar-refractivity contribution in [2.75, 3.05) is 0 Å². The zero-order valence-electron chi connectivity index (χ0n) is 31.6. The molecule has 1 aromatic carbocycles. The van der Waals surface area contributed by atoms with Gasteiger partial charge in [-0.2, -0.15) is 0 Å². The zero-order chi connectivity index (χ0) is 35.7. The average Bonchev–Trinajstić information content (AvgIpc) is 2.95. The molecule has 4 rings (SSSR count). The van der Waals surface area contributed by atoms with Gasteiger partial charge in [-0.3, -0.25) is 4.79 Å². The molecule has 0 saturated carbocycles. The molecule has 48 heavy (non-hydrogen) atoms. The van der Waals surface area contributed by atoms with Crippen LogP contribution in [0.5, 0.6) is 5.75 Å². The van der Waals surface area contributed by atoms with Crippen molar-refractivity contribution >= 4 is 28.6 Å². The molecule has 0 spiro atoms. The maximum atomic E-state index is 13.6. The van der Waals surface area contributed by atoms with Crippen molar-refractivity contribution in [2.24, 2.45) is 17.8 Å². The van der Waals surface area contributed by atoms with Crippen molar-refractivity contribution in [3.8, 4) is 5.75 Å². The van der Waals surface area contributed by atoms with E-state index in [9.17, 15) is 9.59 Å². The number of cyclic esters (lactones) is 1. The fourth-order valence-corrected chi connectivity index (χ4v) is 9.33. The topological polar surface area (TPSA) is 80.3 Å². The lowest BCUT2D eigenvalue weighted by molar-refractivity contribution is -0.164. The van der Waals surface area contributed by atoms with Gasteiger partial charge in [-0.25, -0.2) is 4.79 Å². The van der Waals surface area contributed by atoms with Crippen molar-refractivity contribution in [1.29, 1.82) is 0 Å². The Morgan fingerprint density at radius 3 is 2.19 bits per heavy atom. The molecule has 1 fully saturated rings. The van der Waals surface area contributed by atoms with E-state index in [1.54, 1.807) is 6.92 Å². The fraction of sp³-hybridized carbons (Fsp3) is 0.692. The van der Waals surface area contributed by atoms with E-state index in [4.69, 9.17) is 23.1 Å². The van der Waals surface area contributed by atoms with E-state index < -0.39 is 22.7 Å². The van der Waals surface area contributed by atoms with Gasteiger partial charge in [0, 0.05) is 18.8 Å². The highest BCUT2D eigenvalue weighted by atomic mass is 28.4. The van der Waals surface area contributed by atoms with Crippen molar-refractivity contribution in [3.63, 3.8) is 0 Å². The summed E-state index contributed by atoms with van der Waals surface area (Å²) in [5, 5.41) is 0.120. The lowest BCUT2D eigenvalue weighted by Crippen LogP contribution is -2.49. The van der Waals surface area contributed by atoms with Gasteiger partial charge in [0.15, 0.2) is 22.7 Å². The molecule has 1 saturated heterocycles. The molecule has 8 atom stereocenters. The third-order valence-electron chi connectivity index (χ3n) is 11.6. The maximum absolute atomic E-state index is 13.6. The Morgan fingerprint density at radius 2 is 1.56 bits per heavy atom. The number of esters is 2. The highest BCUT2D eigenvalue weighted by Gasteiger charge is 2.47. The molecule has 0 bridgehead atoms. The predicted octanol–water partition coefficient (Wildman–Crippen LogP) is 9.40. The first kappa shape index (κ1) is 38.6. The van der Waals surface area contributed by atoms with E-state index in [-0.39, 0.29) is 64.2 Å². The molecule has 0 radical (unpaired) electrons. The second-order valence-corrected chi connectivity index (χ2v) is 26.9. The third kappa shape index (κ3) is 9.52. The number of rotatable bonds is 11. The molecule has 1 unspecified atom stereocenters.